The lowest BCUT2D eigenvalue weighted by atomic mass is 9.98. The topological polar surface area (TPSA) is 121 Å². The van der Waals surface area contributed by atoms with Gasteiger partial charge in [-0.2, -0.15) is 4.98 Å². The van der Waals surface area contributed by atoms with Gasteiger partial charge in [0.15, 0.2) is 17.5 Å². The Labute approximate surface area is 252 Å². The lowest BCUT2D eigenvalue weighted by Gasteiger charge is -2.39. The number of rotatable bonds is 5. The van der Waals surface area contributed by atoms with E-state index in [1.54, 1.807) is 6.07 Å². The van der Waals surface area contributed by atoms with Crippen molar-refractivity contribution < 1.29 is 9.13 Å². The monoisotopic (exact) mass is 607 g/mol. The van der Waals surface area contributed by atoms with Crippen LogP contribution in [0.5, 0.6) is 5.75 Å². The van der Waals surface area contributed by atoms with E-state index >= 15 is 0 Å². The molecule has 2 aromatic heterocycles. The molecule has 11 nitrogen and oxygen atoms in total. The molecule has 0 amide bonds. The summed E-state index contributed by atoms with van der Waals surface area (Å²) in [5, 5.41) is 4.87. The van der Waals surface area contributed by atoms with Gasteiger partial charge >= 0.3 is 5.69 Å². The SMILES string of the molecule is CCN1CCN(C[C@H]2COc3c(-c4ccc(F)c5nc(N)[nH]c45)c(Cl)cc4c(N5CC6CCC(C5)N6)nc(=O)n2c34)CC1. The summed E-state index contributed by atoms with van der Waals surface area (Å²) in [6, 6.07) is 5.41. The Kier molecular flexibility index (Phi) is 6.51. The van der Waals surface area contributed by atoms with Crippen LogP contribution in [0, 0.1) is 5.82 Å². The maximum absolute atomic E-state index is 14.7. The van der Waals surface area contributed by atoms with Gasteiger partial charge in [-0.15, -0.1) is 0 Å². The molecule has 2 bridgehead atoms. The minimum Gasteiger partial charge on any atom is -0.488 e. The van der Waals surface area contributed by atoms with Crippen LogP contribution in [0.15, 0.2) is 23.0 Å². The highest BCUT2D eigenvalue weighted by atomic mass is 35.5. The number of nitrogens with two attached hydrogens (primary N) is 1. The van der Waals surface area contributed by atoms with Crippen molar-refractivity contribution in [2.24, 2.45) is 0 Å². The van der Waals surface area contributed by atoms with E-state index in [0.717, 1.165) is 64.0 Å². The minimum absolute atomic E-state index is 0.104. The molecule has 8 rings (SSSR count). The predicted molar refractivity (Wildman–Crippen MR) is 166 cm³/mol. The second-order valence-corrected chi connectivity index (χ2v) is 12.6. The Morgan fingerprint density at radius 2 is 1.86 bits per heavy atom. The maximum Gasteiger partial charge on any atom is 0.350 e. The summed E-state index contributed by atoms with van der Waals surface area (Å²) in [6.07, 6.45) is 2.22. The van der Waals surface area contributed by atoms with Gasteiger partial charge in [-0.25, -0.2) is 14.2 Å². The van der Waals surface area contributed by atoms with Gasteiger partial charge in [-0.3, -0.25) is 9.47 Å². The van der Waals surface area contributed by atoms with Crippen molar-refractivity contribution in [2.75, 3.05) is 69.6 Å². The van der Waals surface area contributed by atoms with Crippen LogP contribution in [0.4, 0.5) is 16.2 Å². The third-order valence-corrected chi connectivity index (χ3v) is 9.96. The summed E-state index contributed by atoms with van der Waals surface area (Å²) >= 11 is 7.09. The molecule has 0 spiro atoms. The lowest BCUT2D eigenvalue weighted by Crippen LogP contribution is -2.52. The van der Waals surface area contributed by atoms with Crippen molar-refractivity contribution in [3.63, 3.8) is 0 Å². The summed E-state index contributed by atoms with van der Waals surface area (Å²) < 4.78 is 23.1. The Bertz CT molecular complexity index is 1790. The van der Waals surface area contributed by atoms with E-state index in [0.29, 0.717) is 57.4 Å². The van der Waals surface area contributed by atoms with Crippen molar-refractivity contribution >= 4 is 45.3 Å². The number of ether oxygens (including phenoxy) is 1. The largest absolute Gasteiger partial charge is 0.488 e. The highest BCUT2D eigenvalue weighted by Crippen LogP contribution is 2.48. The van der Waals surface area contributed by atoms with Gasteiger partial charge in [0.25, 0.3) is 0 Å². The fourth-order valence-corrected chi connectivity index (χ4v) is 7.83. The zero-order valence-corrected chi connectivity index (χ0v) is 24.8. The number of fused-ring (bicyclic) bond motifs is 3. The molecule has 4 aromatic rings. The number of aromatic amines is 1. The standard InChI is InChI=1S/C30H35ClFN9O2/c1-2-38-7-9-39(10-8-38)14-18-15-43-27-23(19-5-6-22(32)25-24(19)35-29(33)36-25)21(31)11-20-26(27)41(18)30(42)37-28(20)40-12-16-3-4-17(13-40)34-16/h5-6,11,16-18,34H,2-4,7-10,12-15H2,1H3,(H3,33,35,36)/t16?,17?,18-/m0/s1. The summed E-state index contributed by atoms with van der Waals surface area (Å²) in [7, 11) is 0. The smallest absolute Gasteiger partial charge is 0.350 e. The number of aromatic nitrogens is 4. The number of piperazine rings is 2. The molecule has 13 heteroatoms. The third-order valence-electron chi connectivity index (χ3n) is 9.66. The fraction of sp³-hybridized carbons (Fsp3) is 0.500. The molecule has 6 heterocycles. The van der Waals surface area contributed by atoms with E-state index in [4.69, 9.17) is 27.1 Å². The predicted octanol–water partition coefficient (Wildman–Crippen LogP) is 2.83. The highest BCUT2D eigenvalue weighted by Gasteiger charge is 2.37. The number of anilines is 2. The molecule has 0 saturated carbocycles. The quantitative estimate of drug-likeness (QED) is 0.314. The van der Waals surface area contributed by atoms with Gasteiger partial charge in [0.1, 0.15) is 17.9 Å². The summed E-state index contributed by atoms with van der Waals surface area (Å²) in [4.78, 5) is 33.0. The normalized spacial score (nSPS) is 24.3. The zero-order chi connectivity index (χ0) is 29.4. The Hall–Kier alpha value is -3.45. The fourth-order valence-electron chi connectivity index (χ4n) is 7.53. The van der Waals surface area contributed by atoms with Crippen LogP contribution in [0.1, 0.15) is 25.8 Å². The number of hydrogen-bond acceptors (Lipinski definition) is 9. The van der Waals surface area contributed by atoms with Gasteiger partial charge in [0, 0.05) is 74.4 Å². The molecule has 3 saturated heterocycles. The number of nitrogen functional groups attached to an aromatic ring is 1. The molecule has 43 heavy (non-hydrogen) atoms. The first kappa shape index (κ1) is 27.1. The maximum atomic E-state index is 14.7. The van der Waals surface area contributed by atoms with Crippen LogP contribution in [0.3, 0.4) is 0 Å². The van der Waals surface area contributed by atoms with E-state index < -0.39 is 5.82 Å². The van der Waals surface area contributed by atoms with Crippen LogP contribution in [-0.4, -0.2) is 100 Å². The first-order chi connectivity index (χ1) is 20.9. The second-order valence-electron chi connectivity index (χ2n) is 12.2. The molecule has 2 aromatic carbocycles. The van der Waals surface area contributed by atoms with E-state index in [-0.39, 0.29) is 29.8 Å². The van der Waals surface area contributed by atoms with Gasteiger partial charge in [-0.1, -0.05) is 18.5 Å². The Balaban J connectivity index is 1.31. The van der Waals surface area contributed by atoms with Crippen molar-refractivity contribution in [3.8, 4) is 16.9 Å². The second kappa shape index (κ2) is 10.3. The summed E-state index contributed by atoms with van der Waals surface area (Å²) in [5.41, 5.74) is 8.06. The van der Waals surface area contributed by atoms with Crippen LogP contribution in [0.25, 0.3) is 33.1 Å². The molecule has 4 aliphatic heterocycles. The van der Waals surface area contributed by atoms with Crippen LogP contribution in [-0.2, 0) is 0 Å². The van der Waals surface area contributed by atoms with Crippen LogP contribution < -0.4 is 26.4 Å². The zero-order valence-electron chi connectivity index (χ0n) is 24.1. The average Bonchev–Trinajstić information content (AvgIpc) is 3.57. The molecular weight excluding hydrogens is 573 g/mol. The molecule has 4 N–H and O–H groups in total. The number of likely N-dealkylation sites (N-methyl/N-ethyl adjacent to an activating group) is 1. The minimum atomic E-state index is -0.488. The van der Waals surface area contributed by atoms with Gasteiger partial charge < -0.3 is 30.6 Å². The van der Waals surface area contributed by atoms with E-state index in [9.17, 15) is 9.18 Å². The number of benzene rings is 2. The molecule has 3 atom stereocenters. The number of hydrogen-bond donors (Lipinski definition) is 3. The molecule has 2 unspecified atom stereocenters. The van der Waals surface area contributed by atoms with Crippen molar-refractivity contribution in [2.45, 2.75) is 37.9 Å². The van der Waals surface area contributed by atoms with E-state index in [2.05, 4.69) is 36.9 Å². The molecule has 0 radical (unpaired) electrons. The Morgan fingerprint density at radius 1 is 1.12 bits per heavy atom. The molecular formula is C30H35ClFN9O2. The number of nitrogens with one attached hydrogen (secondary N) is 2. The van der Waals surface area contributed by atoms with Crippen LogP contribution >= 0.6 is 11.6 Å². The van der Waals surface area contributed by atoms with Crippen LogP contribution in [0.2, 0.25) is 5.02 Å². The summed E-state index contributed by atoms with van der Waals surface area (Å²) in [5.74, 6) is 0.751. The van der Waals surface area contributed by atoms with Gasteiger partial charge in [0.05, 0.1) is 22.1 Å². The number of imidazole rings is 1. The van der Waals surface area contributed by atoms with Gasteiger partial charge in [0.2, 0.25) is 0 Å². The number of halogens is 2. The van der Waals surface area contributed by atoms with E-state index in [1.165, 1.54) is 6.07 Å². The molecule has 4 aliphatic rings. The lowest BCUT2D eigenvalue weighted by molar-refractivity contribution is 0.106. The van der Waals surface area contributed by atoms with Crippen molar-refractivity contribution in [1.82, 2.24) is 34.6 Å². The third kappa shape index (κ3) is 4.45. The highest BCUT2D eigenvalue weighted by molar-refractivity contribution is 6.35. The number of nitrogens with zero attached hydrogens (tertiary/aromatic N) is 6. The first-order valence-electron chi connectivity index (χ1n) is 15.2. The molecule has 0 aliphatic carbocycles. The van der Waals surface area contributed by atoms with Crippen molar-refractivity contribution in [1.29, 1.82) is 0 Å². The van der Waals surface area contributed by atoms with E-state index in [1.807, 2.05) is 10.6 Å². The van der Waals surface area contributed by atoms with Crippen molar-refractivity contribution in [3.05, 3.63) is 39.5 Å². The Morgan fingerprint density at radius 3 is 2.60 bits per heavy atom. The molecule has 3 fully saturated rings. The first-order valence-corrected chi connectivity index (χ1v) is 15.6. The molecule has 226 valence electrons. The number of H-pyrrole nitrogens is 1. The van der Waals surface area contributed by atoms with Gasteiger partial charge in [-0.05, 0) is 37.6 Å². The average molecular weight is 608 g/mol. The summed E-state index contributed by atoms with van der Waals surface area (Å²) in [6.45, 7) is 9.61.